The Morgan fingerprint density at radius 1 is 1.22 bits per heavy atom. The SMILES string of the molecule is C/C=C(C)\C(=C/C)NC. The summed E-state index contributed by atoms with van der Waals surface area (Å²) in [7, 11) is 1.93. The first-order chi connectivity index (χ1) is 4.26. The van der Waals surface area contributed by atoms with Crippen LogP contribution in [0.25, 0.3) is 0 Å². The van der Waals surface area contributed by atoms with E-state index in [-0.39, 0.29) is 0 Å². The Kier molecular flexibility index (Phi) is 3.85. The van der Waals surface area contributed by atoms with Crippen LogP contribution in [0.1, 0.15) is 20.8 Å². The van der Waals surface area contributed by atoms with E-state index in [0.29, 0.717) is 0 Å². The van der Waals surface area contributed by atoms with Crippen molar-refractivity contribution >= 4 is 0 Å². The van der Waals surface area contributed by atoms with E-state index in [1.807, 2.05) is 20.9 Å². The Bertz CT molecular complexity index is 132. The van der Waals surface area contributed by atoms with E-state index in [2.05, 4.69) is 24.4 Å². The number of hydrogen-bond donors (Lipinski definition) is 1. The minimum atomic E-state index is 1.21. The lowest BCUT2D eigenvalue weighted by Crippen LogP contribution is -2.05. The van der Waals surface area contributed by atoms with Crippen LogP contribution in [0.15, 0.2) is 23.4 Å². The third kappa shape index (κ3) is 2.36. The lowest BCUT2D eigenvalue weighted by atomic mass is 10.2. The van der Waals surface area contributed by atoms with Crippen LogP contribution >= 0.6 is 0 Å². The fourth-order valence-corrected chi connectivity index (χ4v) is 0.725. The van der Waals surface area contributed by atoms with Crippen LogP contribution in [0.3, 0.4) is 0 Å². The summed E-state index contributed by atoms with van der Waals surface area (Å²) in [6.45, 7) is 6.15. The second-order valence-electron chi connectivity index (χ2n) is 1.92. The zero-order valence-electron chi connectivity index (χ0n) is 6.65. The molecule has 1 heteroatoms. The van der Waals surface area contributed by atoms with Crippen LogP contribution < -0.4 is 5.32 Å². The minimum absolute atomic E-state index is 1.21. The fraction of sp³-hybridized carbons (Fsp3) is 0.500. The Morgan fingerprint density at radius 3 is 1.89 bits per heavy atom. The quantitative estimate of drug-likeness (QED) is 0.557. The number of nitrogens with one attached hydrogen (secondary N) is 1. The topological polar surface area (TPSA) is 12.0 Å². The molecule has 0 saturated heterocycles. The summed E-state index contributed by atoms with van der Waals surface area (Å²) >= 11 is 0. The van der Waals surface area contributed by atoms with Gasteiger partial charge < -0.3 is 5.32 Å². The van der Waals surface area contributed by atoms with Crippen LogP contribution in [0.5, 0.6) is 0 Å². The molecule has 1 N–H and O–H groups in total. The number of hydrogen-bond acceptors (Lipinski definition) is 1. The largest absolute Gasteiger partial charge is 0.388 e. The average molecular weight is 125 g/mol. The molecule has 0 heterocycles. The van der Waals surface area contributed by atoms with Crippen molar-refractivity contribution in [1.82, 2.24) is 5.32 Å². The summed E-state index contributed by atoms with van der Waals surface area (Å²) in [6, 6.07) is 0. The Morgan fingerprint density at radius 2 is 1.78 bits per heavy atom. The maximum absolute atomic E-state index is 3.10. The predicted molar refractivity (Wildman–Crippen MR) is 42.2 cm³/mol. The highest BCUT2D eigenvalue weighted by Gasteiger charge is 1.90. The zero-order valence-corrected chi connectivity index (χ0v) is 6.65. The van der Waals surface area contributed by atoms with Crippen LogP contribution in [-0.4, -0.2) is 7.05 Å². The summed E-state index contributed by atoms with van der Waals surface area (Å²) in [5.41, 5.74) is 2.50. The first kappa shape index (κ1) is 8.28. The van der Waals surface area contributed by atoms with Gasteiger partial charge >= 0.3 is 0 Å². The van der Waals surface area contributed by atoms with Gasteiger partial charge in [-0.1, -0.05) is 12.2 Å². The van der Waals surface area contributed by atoms with Crippen LogP contribution in [0, 0.1) is 0 Å². The summed E-state index contributed by atoms with van der Waals surface area (Å²) in [6.07, 6.45) is 4.15. The van der Waals surface area contributed by atoms with Gasteiger partial charge in [-0.25, -0.2) is 0 Å². The van der Waals surface area contributed by atoms with Crippen LogP contribution in [-0.2, 0) is 0 Å². The number of rotatable bonds is 2. The monoisotopic (exact) mass is 125 g/mol. The van der Waals surface area contributed by atoms with E-state index in [0.717, 1.165) is 0 Å². The van der Waals surface area contributed by atoms with Gasteiger partial charge in [0.15, 0.2) is 0 Å². The molecule has 0 bridgehead atoms. The molecule has 0 radical (unpaired) electrons. The predicted octanol–water partition coefficient (Wildman–Crippen LogP) is 2.08. The van der Waals surface area contributed by atoms with E-state index < -0.39 is 0 Å². The lowest BCUT2D eigenvalue weighted by molar-refractivity contribution is 0.991. The molecule has 0 saturated carbocycles. The lowest BCUT2D eigenvalue weighted by Gasteiger charge is -2.03. The summed E-state index contributed by atoms with van der Waals surface area (Å²) < 4.78 is 0. The molecule has 0 rings (SSSR count). The Balaban J connectivity index is 4.14. The molecule has 0 atom stereocenters. The van der Waals surface area contributed by atoms with Gasteiger partial charge in [0.1, 0.15) is 0 Å². The van der Waals surface area contributed by atoms with Crippen molar-refractivity contribution in [3.8, 4) is 0 Å². The highest BCUT2D eigenvalue weighted by molar-refractivity contribution is 5.25. The molecule has 0 spiro atoms. The number of likely N-dealkylation sites (N-methyl/N-ethyl adjacent to an activating group) is 1. The van der Waals surface area contributed by atoms with Crippen molar-refractivity contribution < 1.29 is 0 Å². The highest BCUT2D eigenvalue weighted by atomic mass is 14.8. The van der Waals surface area contributed by atoms with Gasteiger partial charge in [0.05, 0.1) is 0 Å². The van der Waals surface area contributed by atoms with Gasteiger partial charge in [-0.15, -0.1) is 0 Å². The molecule has 0 aliphatic carbocycles. The van der Waals surface area contributed by atoms with Gasteiger partial charge in [0.2, 0.25) is 0 Å². The maximum atomic E-state index is 3.10. The molecule has 0 fully saturated rings. The van der Waals surface area contributed by atoms with Gasteiger partial charge in [-0.05, 0) is 26.3 Å². The van der Waals surface area contributed by atoms with Crippen molar-refractivity contribution in [2.45, 2.75) is 20.8 Å². The summed E-state index contributed by atoms with van der Waals surface area (Å²) in [5, 5.41) is 3.10. The van der Waals surface area contributed by atoms with Crippen molar-refractivity contribution in [3.63, 3.8) is 0 Å². The van der Waals surface area contributed by atoms with Crippen molar-refractivity contribution in [2.24, 2.45) is 0 Å². The molecule has 0 aromatic carbocycles. The first-order valence-corrected chi connectivity index (χ1v) is 3.23. The zero-order chi connectivity index (χ0) is 7.28. The van der Waals surface area contributed by atoms with Gasteiger partial charge in [-0.2, -0.15) is 0 Å². The maximum Gasteiger partial charge on any atom is 0.0320 e. The van der Waals surface area contributed by atoms with Gasteiger partial charge in [0.25, 0.3) is 0 Å². The molecular formula is C8H15N. The second kappa shape index (κ2) is 4.19. The van der Waals surface area contributed by atoms with E-state index in [4.69, 9.17) is 0 Å². The molecule has 0 aromatic rings. The van der Waals surface area contributed by atoms with E-state index >= 15 is 0 Å². The van der Waals surface area contributed by atoms with Crippen LogP contribution in [0.2, 0.25) is 0 Å². The smallest absolute Gasteiger partial charge is 0.0320 e. The molecule has 9 heavy (non-hydrogen) atoms. The van der Waals surface area contributed by atoms with Crippen molar-refractivity contribution in [1.29, 1.82) is 0 Å². The molecule has 0 aliphatic rings. The Labute approximate surface area is 57.5 Å². The van der Waals surface area contributed by atoms with E-state index in [1.54, 1.807) is 0 Å². The molecule has 1 nitrogen and oxygen atoms in total. The van der Waals surface area contributed by atoms with E-state index in [1.165, 1.54) is 11.3 Å². The highest BCUT2D eigenvalue weighted by Crippen LogP contribution is 2.02. The molecule has 0 aromatic heterocycles. The fourth-order valence-electron chi connectivity index (χ4n) is 0.725. The second-order valence-corrected chi connectivity index (χ2v) is 1.92. The van der Waals surface area contributed by atoms with E-state index in [9.17, 15) is 0 Å². The summed E-state index contributed by atoms with van der Waals surface area (Å²) in [5.74, 6) is 0. The molecular weight excluding hydrogens is 110 g/mol. The Hall–Kier alpha value is -0.720. The minimum Gasteiger partial charge on any atom is -0.388 e. The normalized spacial score (nSPS) is 13.8. The molecule has 0 aliphatic heterocycles. The summed E-state index contributed by atoms with van der Waals surface area (Å²) in [4.78, 5) is 0. The molecule has 0 amide bonds. The van der Waals surface area contributed by atoms with Crippen molar-refractivity contribution in [3.05, 3.63) is 23.4 Å². The van der Waals surface area contributed by atoms with Crippen LogP contribution in [0.4, 0.5) is 0 Å². The third-order valence-electron chi connectivity index (χ3n) is 1.42. The average Bonchev–Trinajstić information content (AvgIpc) is 1.90. The third-order valence-corrected chi connectivity index (χ3v) is 1.42. The first-order valence-electron chi connectivity index (χ1n) is 3.23. The van der Waals surface area contributed by atoms with Gasteiger partial charge in [-0.3, -0.25) is 0 Å². The van der Waals surface area contributed by atoms with Gasteiger partial charge in [0, 0.05) is 12.7 Å². The standard InChI is InChI=1S/C8H15N/c1-5-7(3)8(6-2)9-4/h5-6,9H,1-4H3/b7-5-,8-6+. The molecule has 52 valence electrons. The number of allylic oxidation sites excluding steroid dienone is 3. The van der Waals surface area contributed by atoms with Crippen molar-refractivity contribution in [2.75, 3.05) is 7.05 Å². The molecule has 0 unspecified atom stereocenters.